The summed E-state index contributed by atoms with van der Waals surface area (Å²) in [6, 6.07) is 1.82. The summed E-state index contributed by atoms with van der Waals surface area (Å²) in [5.41, 5.74) is 1.01. The molecule has 2 rings (SSSR count). The highest BCUT2D eigenvalue weighted by molar-refractivity contribution is 6.28. The van der Waals surface area contributed by atoms with Crippen molar-refractivity contribution >= 4 is 11.6 Å². The van der Waals surface area contributed by atoms with E-state index < -0.39 is 0 Å². The first kappa shape index (κ1) is 8.11. The number of aromatic nitrogens is 1. The minimum absolute atomic E-state index is 0.406. The molecule has 0 amide bonds. The van der Waals surface area contributed by atoms with Crippen LogP contribution in [0.15, 0.2) is 10.6 Å². The van der Waals surface area contributed by atoms with Gasteiger partial charge in [-0.25, -0.2) is 0 Å². The lowest BCUT2D eigenvalue weighted by atomic mass is 10.0. The van der Waals surface area contributed by atoms with Gasteiger partial charge in [-0.05, 0) is 23.9 Å². The highest BCUT2D eigenvalue weighted by Crippen LogP contribution is 2.28. The quantitative estimate of drug-likeness (QED) is 0.708. The van der Waals surface area contributed by atoms with Crippen LogP contribution < -0.4 is 0 Å². The van der Waals surface area contributed by atoms with Gasteiger partial charge in [-0.15, -0.1) is 0 Å². The molecule has 1 saturated carbocycles. The fraction of sp³-hybridized carbons (Fsp3) is 0.667. The van der Waals surface area contributed by atoms with Crippen LogP contribution in [0.4, 0.5) is 0 Å². The molecule has 1 fully saturated rings. The molecule has 3 heteroatoms. The second-order valence-electron chi connectivity index (χ2n) is 3.48. The van der Waals surface area contributed by atoms with Crippen LogP contribution in [0.2, 0.25) is 5.22 Å². The average Bonchev–Trinajstić information content (AvgIpc) is 2.63. The Morgan fingerprint density at radius 1 is 1.50 bits per heavy atom. The summed E-state index contributed by atoms with van der Waals surface area (Å²) in [6.45, 7) is 0. The summed E-state index contributed by atoms with van der Waals surface area (Å²) in [4.78, 5) is 0. The highest BCUT2D eigenvalue weighted by Gasteiger charge is 2.16. The van der Waals surface area contributed by atoms with E-state index in [4.69, 9.17) is 16.1 Å². The molecule has 0 aliphatic heterocycles. The zero-order valence-corrected chi connectivity index (χ0v) is 7.68. The fourth-order valence-electron chi connectivity index (χ4n) is 1.89. The van der Waals surface area contributed by atoms with Crippen LogP contribution in [-0.2, 0) is 6.42 Å². The molecule has 0 unspecified atom stereocenters. The van der Waals surface area contributed by atoms with Gasteiger partial charge in [0.1, 0.15) is 0 Å². The van der Waals surface area contributed by atoms with Gasteiger partial charge in [-0.1, -0.05) is 30.8 Å². The van der Waals surface area contributed by atoms with Crippen molar-refractivity contribution in [2.75, 3.05) is 0 Å². The monoisotopic (exact) mass is 185 g/mol. The lowest BCUT2D eigenvalue weighted by Crippen LogP contribution is -1.98. The number of rotatable bonds is 2. The molecule has 0 saturated heterocycles. The lowest BCUT2D eigenvalue weighted by Gasteiger charge is -2.03. The molecule has 0 bridgehead atoms. The van der Waals surface area contributed by atoms with Gasteiger partial charge in [-0.2, -0.15) is 0 Å². The molecule has 66 valence electrons. The van der Waals surface area contributed by atoms with E-state index in [-0.39, 0.29) is 0 Å². The van der Waals surface area contributed by atoms with Crippen LogP contribution in [0.1, 0.15) is 31.4 Å². The van der Waals surface area contributed by atoms with Crippen LogP contribution in [-0.4, -0.2) is 5.16 Å². The van der Waals surface area contributed by atoms with E-state index in [1.807, 2.05) is 6.07 Å². The van der Waals surface area contributed by atoms with Gasteiger partial charge < -0.3 is 4.52 Å². The van der Waals surface area contributed by atoms with Gasteiger partial charge in [0.05, 0.1) is 5.69 Å². The third-order valence-corrected chi connectivity index (χ3v) is 2.68. The first-order valence-electron chi connectivity index (χ1n) is 4.45. The highest BCUT2D eigenvalue weighted by atomic mass is 35.5. The van der Waals surface area contributed by atoms with Crippen molar-refractivity contribution in [2.45, 2.75) is 32.1 Å². The minimum atomic E-state index is 0.406. The van der Waals surface area contributed by atoms with E-state index >= 15 is 0 Å². The molecule has 1 aliphatic rings. The second-order valence-corrected chi connectivity index (χ2v) is 3.85. The maximum atomic E-state index is 5.62. The molecule has 1 heterocycles. The van der Waals surface area contributed by atoms with Gasteiger partial charge in [0.15, 0.2) is 0 Å². The zero-order chi connectivity index (χ0) is 8.39. The van der Waals surface area contributed by atoms with E-state index in [9.17, 15) is 0 Å². The molecular formula is C9H12ClNO. The van der Waals surface area contributed by atoms with Crippen LogP contribution in [0, 0.1) is 5.92 Å². The summed E-state index contributed by atoms with van der Waals surface area (Å²) < 4.78 is 4.79. The van der Waals surface area contributed by atoms with E-state index in [1.165, 1.54) is 25.7 Å². The van der Waals surface area contributed by atoms with Crippen molar-refractivity contribution in [3.8, 4) is 0 Å². The van der Waals surface area contributed by atoms with Crippen molar-refractivity contribution in [3.05, 3.63) is 17.0 Å². The first-order chi connectivity index (χ1) is 5.84. The molecule has 2 nitrogen and oxygen atoms in total. The minimum Gasteiger partial charge on any atom is -0.344 e. The summed E-state index contributed by atoms with van der Waals surface area (Å²) in [5, 5.41) is 4.28. The number of hydrogen-bond donors (Lipinski definition) is 0. The Hall–Kier alpha value is -0.500. The van der Waals surface area contributed by atoms with Crippen molar-refractivity contribution in [1.29, 1.82) is 0 Å². The zero-order valence-electron chi connectivity index (χ0n) is 6.92. The van der Waals surface area contributed by atoms with Gasteiger partial charge >= 0.3 is 0 Å². The SMILES string of the molecule is Clc1cc(CC2CCCC2)no1. The lowest BCUT2D eigenvalue weighted by molar-refractivity contribution is 0.404. The summed E-state index contributed by atoms with van der Waals surface area (Å²) in [7, 11) is 0. The maximum absolute atomic E-state index is 5.62. The fourth-order valence-corrected chi connectivity index (χ4v) is 2.05. The Morgan fingerprint density at radius 2 is 2.25 bits per heavy atom. The van der Waals surface area contributed by atoms with Crippen molar-refractivity contribution < 1.29 is 4.52 Å². The largest absolute Gasteiger partial charge is 0.344 e. The van der Waals surface area contributed by atoms with Crippen LogP contribution in [0.5, 0.6) is 0 Å². The summed E-state index contributed by atoms with van der Waals surface area (Å²) >= 11 is 5.62. The third kappa shape index (κ3) is 1.81. The standard InChI is InChI=1S/C9H12ClNO/c10-9-6-8(11-12-9)5-7-3-1-2-4-7/h6-7H,1-5H2. The molecular weight excluding hydrogens is 174 g/mol. The number of hydrogen-bond acceptors (Lipinski definition) is 2. The van der Waals surface area contributed by atoms with Gasteiger partial charge in [0, 0.05) is 6.07 Å². The van der Waals surface area contributed by atoms with Gasteiger partial charge in [-0.3, -0.25) is 0 Å². The normalized spacial score (nSPS) is 18.8. The molecule has 12 heavy (non-hydrogen) atoms. The van der Waals surface area contributed by atoms with Gasteiger partial charge in [0.2, 0.25) is 5.22 Å². The smallest absolute Gasteiger partial charge is 0.226 e. The molecule has 0 atom stereocenters. The van der Waals surface area contributed by atoms with E-state index in [1.54, 1.807) is 0 Å². The predicted octanol–water partition coefficient (Wildman–Crippen LogP) is 3.06. The Labute approximate surface area is 76.9 Å². The van der Waals surface area contributed by atoms with E-state index in [2.05, 4.69) is 5.16 Å². The third-order valence-electron chi connectivity index (χ3n) is 2.50. The predicted molar refractivity (Wildman–Crippen MR) is 47.2 cm³/mol. The molecule has 0 spiro atoms. The average molecular weight is 186 g/mol. The van der Waals surface area contributed by atoms with Crippen molar-refractivity contribution in [3.63, 3.8) is 0 Å². The van der Waals surface area contributed by atoms with Crippen LogP contribution in [0.25, 0.3) is 0 Å². The Kier molecular flexibility index (Phi) is 2.35. The topological polar surface area (TPSA) is 26.0 Å². The second kappa shape index (κ2) is 3.48. The Bertz CT molecular complexity index is 253. The number of nitrogens with zero attached hydrogens (tertiary/aromatic N) is 1. The van der Waals surface area contributed by atoms with E-state index in [0.29, 0.717) is 5.22 Å². The van der Waals surface area contributed by atoms with Crippen molar-refractivity contribution in [1.82, 2.24) is 5.16 Å². The van der Waals surface area contributed by atoms with Crippen LogP contribution >= 0.6 is 11.6 Å². The molecule has 0 aromatic carbocycles. The number of halogens is 1. The molecule has 1 aromatic heterocycles. The summed E-state index contributed by atoms with van der Waals surface area (Å²) in [6.07, 6.45) is 6.46. The Balaban J connectivity index is 1.94. The summed E-state index contributed by atoms with van der Waals surface area (Å²) in [5.74, 6) is 0.811. The maximum Gasteiger partial charge on any atom is 0.226 e. The first-order valence-corrected chi connectivity index (χ1v) is 4.83. The van der Waals surface area contributed by atoms with Crippen molar-refractivity contribution in [2.24, 2.45) is 5.92 Å². The van der Waals surface area contributed by atoms with Crippen LogP contribution in [0.3, 0.4) is 0 Å². The molecule has 0 radical (unpaired) electrons. The van der Waals surface area contributed by atoms with E-state index in [0.717, 1.165) is 18.0 Å². The molecule has 0 N–H and O–H groups in total. The molecule has 1 aromatic rings. The molecule has 1 aliphatic carbocycles. The van der Waals surface area contributed by atoms with Gasteiger partial charge in [0.25, 0.3) is 0 Å². The Morgan fingerprint density at radius 3 is 2.83 bits per heavy atom.